The summed E-state index contributed by atoms with van der Waals surface area (Å²) in [4.78, 5) is 0. The lowest BCUT2D eigenvalue weighted by atomic mass is 9.88. The molecule has 1 saturated carbocycles. The van der Waals surface area contributed by atoms with Crippen molar-refractivity contribution in [2.75, 3.05) is 0 Å². The molecule has 0 aromatic carbocycles. The number of terminal acetylenes is 1. The lowest BCUT2D eigenvalue weighted by Crippen LogP contribution is -2.30. The summed E-state index contributed by atoms with van der Waals surface area (Å²) in [5, 5.41) is 10.00. The molecule has 1 fully saturated rings. The minimum absolute atomic E-state index is 0.438. The number of rotatable bonds is 2. The van der Waals surface area contributed by atoms with E-state index >= 15 is 0 Å². The van der Waals surface area contributed by atoms with Gasteiger partial charge in [0.05, 0.1) is 5.60 Å². The molecule has 0 aromatic rings. The van der Waals surface area contributed by atoms with E-state index in [1.165, 1.54) is 0 Å². The molecule has 2 unspecified atom stereocenters. The van der Waals surface area contributed by atoms with Crippen LogP contribution >= 0.6 is 0 Å². The molecular weight excluding hydrogens is 136 g/mol. The molecule has 0 heterocycles. The van der Waals surface area contributed by atoms with Crippen molar-refractivity contribution in [3.8, 4) is 12.3 Å². The quantitative estimate of drug-likeness (QED) is 0.600. The number of hydrogen-bond acceptors (Lipinski definition) is 1. The van der Waals surface area contributed by atoms with Crippen LogP contribution in [0.4, 0.5) is 0 Å². The molecule has 2 atom stereocenters. The summed E-state index contributed by atoms with van der Waals surface area (Å²) in [6.45, 7) is 2.11. The Bertz CT molecular complexity index is 168. The Morgan fingerprint density at radius 3 is 2.91 bits per heavy atom. The topological polar surface area (TPSA) is 20.2 Å². The van der Waals surface area contributed by atoms with Gasteiger partial charge < -0.3 is 5.11 Å². The van der Waals surface area contributed by atoms with Crippen molar-refractivity contribution in [3.05, 3.63) is 0 Å². The van der Waals surface area contributed by atoms with Crippen LogP contribution in [0.1, 0.15) is 39.0 Å². The number of aliphatic hydroxyl groups is 1. The van der Waals surface area contributed by atoms with Crippen LogP contribution in [-0.4, -0.2) is 10.7 Å². The van der Waals surface area contributed by atoms with Gasteiger partial charge in [-0.05, 0) is 25.2 Å². The minimum Gasteiger partial charge on any atom is -0.390 e. The Balaban J connectivity index is 2.45. The van der Waals surface area contributed by atoms with Crippen molar-refractivity contribution in [2.45, 2.75) is 44.6 Å². The van der Waals surface area contributed by atoms with Crippen LogP contribution in [0.3, 0.4) is 0 Å². The molecule has 0 saturated heterocycles. The summed E-state index contributed by atoms with van der Waals surface area (Å²) in [6.07, 6.45) is 9.89. The molecule has 0 aliphatic heterocycles. The normalized spacial score (nSPS) is 37.0. The first-order valence-electron chi connectivity index (χ1n) is 4.35. The zero-order chi connectivity index (χ0) is 8.32. The van der Waals surface area contributed by atoms with Gasteiger partial charge in [0.2, 0.25) is 0 Å². The first-order valence-corrected chi connectivity index (χ1v) is 4.35. The van der Waals surface area contributed by atoms with E-state index in [0.29, 0.717) is 12.3 Å². The van der Waals surface area contributed by atoms with Gasteiger partial charge in [-0.15, -0.1) is 12.3 Å². The van der Waals surface area contributed by atoms with Crippen LogP contribution in [0, 0.1) is 18.3 Å². The average molecular weight is 152 g/mol. The summed E-state index contributed by atoms with van der Waals surface area (Å²) in [5.41, 5.74) is -0.438. The third-order valence-electron chi connectivity index (χ3n) is 2.87. The van der Waals surface area contributed by atoms with Gasteiger partial charge in [0, 0.05) is 6.42 Å². The van der Waals surface area contributed by atoms with Crippen molar-refractivity contribution in [2.24, 2.45) is 5.92 Å². The molecule has 0 spiro atoms. The van der Waals surface area contributed by atoms with E-state index in [0.717, 1.165) is 25.7 Å². The van der Waals surface area contributed by atoms with Crippen LogP contribution in [0.5, 0.6) is 0 Å². The summed E-state index contributed by atoms with van der Waals surface area (Å²) in [6, 6.07) is 0. The third-order valence-corrected chi connectivity index (χ3v) is 2.87. The van der Waals surface area contributed by atoms with E-state index < -0.39 is 5.60 Å². The molecule has 1 nitrogen and oxygen atoms in total. The Kier molecular flexibility index (Phi) is 2.57. The maximum atomic E-state index is 10.00. The van der Waals surface area contributed by atoms with Gasteiger partial charge in [0.25, 0.3) is 0 Å². The molecule has 1 aliphatic rings. The lowest BCUT2D eigenvalue weighted by Gasteiger charge is -2.26. The van der Waals surface area contributed by atoms with Crippen molar-refractivity contribution in [1.82, 2.24) is 0 Å². The van der Waals surface area contributed by atoms with Crippen LogP contribution < -0.4 is 0 Å². The van der Waals surface area contributed by atoms with Gasteiger partial charge in [-0.2, -0.15) is 0 Å². The van der Waals surface area contributed by atoms with E-state index in [9.17, 15) is 5.11 Å². The average Bonchev–Trinajstić information content (AvgIpc) is 2.30. The molecule has 1 aliphatic carbocycles. The molecule has 0 bridgehead atoms. The summed E-state index contributed by atoms with van der Waals surface area (Å²) in [5.74, 6) is 3.02. The molecule has 62 valence electrons. The van der Waals surface area contributed by atoms with Crippen LogP contribution in [0.25, 0.3) is 0 Å². The van der Waals surface area contributed by atoms with E-state index in [4.69, 9.17) is 6.42 Å². The van der Waals surface area contributed by atoms with E-state index in [1.807, 2.05) is 0 Å². The van der Waals surface area contributed by atoms with Crippen molar-refractivity contribution in [3.63, 3.8) is 0 Å². The zero-order valence-corrected chi connectivity index (χ0v) is 7.14. The van der Waals surface area contributed by atoms with Gasteiger partial charge >= 0.3 is 0 Å². The monoisotopic (exact) mass is 152 g/mol. The second-order valence-corrected chi connectivity index (χ2v) is 3.60. The second kappa shape index (κ2) is 3.28. The predicted octanol–water partition coefficient (Wildman–Crippen LogP) is 1.95. The molecule has 0 aromatic heterocycles. The maximum Gasteiger partial charge on any atom is 0.0682 e. The van der Waals surface area contributed by atoms with Crippen LogP contribution in [-0.2, 0) is 0 Å². The van der Waals surface area contributed by atoms with Gasteiger partial charge in [0.15, 0.2) is 0 Å². The fourth-order valence-electron chi connectivity index (χ4n) is 1.89. The molecule has 11 heavy (non-hydrogen) atoms. The van der Waals surface area contributed by atoms with Gasteiger partial charge in [-0.25, -0.2) is 0 Å². The first kappa shape index (κ1) is 8.62. The Morgan fingerprint density at radius 1 is 1.73 bits per heavy atom. The zero-order valence-electron chi connectivity index (χ0n) is 7.14. The highest BCUT2D eigenvalue weighted by atomic mass is 16.3. The molecule has 1 heteroatoms. The summed E-state index contributed by atoms with van der Waals surface area (Å²) in [7, 11) is 0. The smallest absolute Gasteiger partial charge is 0.0682 e. The molecule has 1 rings (SSSR count). The van der Waals surface area contributed by atoms with Gasteiger partial charge in [0.1, 0.15) is 0 Å². The molecular formula is C10H16O. The molecule has 0 amide bonds. The van der Waals surface area contributed by atoms with Gasteiger partial charge in [-0.3, -0.25) is 0 Å². The second-order valence-electron chi connectivity index (χ2n) is 3.60. The standard InChI is InChI=1S/C10H16O/c1-3-4-7-10(11)8-5-6-9(10)2/h1,9,11H,4-8H2,2H3. The van der Waals surface area contributed by atoms with E-state index in [-0.39, 0.29) is 0 Å². The van der Waals surface area contributed by atoms with Crippen molar-refractivity contribution in [1.29, 1.82) is 0 Å². The largest absolute Gasteiger partial charge is 0.390 e. The predicted molar refractivity (Wildman–Crippen MR) is 46.0 cm³/mol. The highest BCUT2D eigenvalue weighted by Crippen LogP contribution is 2.38. The number of hydrogen-bond donors (Lipinski definition) is 1. The van der Waals surface area contributed by atoms with Crippen molar-refractivity contribution >= 4 is 0 Å². The molecule has 0 radical (unpaired) electrons. The highest BCUT2D eigenvalue weighted by molar-refractivity contribution is 4.94. The third kappa shape index (κ3) is 1.75. The molecule has 1 N–H and O–H groups in total. The fourth-order valence-corrected chi connectivity index (χ4v) is 1.89. The maximum absolute atomic E-state index is 10.00. The Hall–Kier alpha value is -0.480. The fraction of sp³-hybridized carbons (Fsp3) is 0.800. The van der Waals surface area contributed by atoms with Crippen LogP contribution in [0.15, 0.2) is 0 Å². The Labute approximate surface area is 68.8 Å². The van der Waals surface area contributed by atoms with Crippen LogP contribution in [0.2, 0.25) is 0 Å². The van der Waals surface area contributed by atoms with E-state index in [1.54, 1.807) is 0 Å². The minimum atomic E-state index is -0.438. The summed E-state index contributed by atoms with van der Waals surface area (Å²) < 4.78 is 0. The highest BCUT2D eigenvalue weighted by Gasteiger charge is 2.37. The summed E-state index contributed by atoms with van der Waals surface area (Å²) >= 11 is 0. The first-order chi connectivity index (χ1) is 5.19. The Morgan fingerprint density at radius 2 is 2.45 bits per heavy atom. The SMILES string of the molecule is C#CCCC1(O)CCCC1C. The van der Waals surface area contributed by atoms with Gasteiger partial charge in [-0.1, -0.05) is 13.3 Å². The van der Waals surface area contributed by atoms with E-state index in [2.05, 4.69) is 12.8 Å². The lowest BCUT2D eigenvalue weighted by molar-refractivity contribution is 0.00243. The van der Waals surface area contributed by atoms with Crippen molar-refractivity contribution < 1.29 is 5.11 Å².